The number of allylic oxidation sites excluding steroid dienone is 7. The molecular weight excluding hydrogens is 168 g/mol. The highest BCUT2D eigenvalue weighted by Crippen LogP contribution is 2.21. The van der Waals surface area contributed by atoms with Gasteiger partial charge in [-0.1, -0.05) is 42.5 Å². The van der Waals surface area contributed by atoms with Crippen LogP contribution in [0.3, 0.4) is 0 Å². The zero-order valence-corrected chi connectivity index (χ0v) is 9.61. The van der Waals surface area contributed by atoms with E-state index in [1.54, 1.807) is 0 Å². The first-order valence-corrected chi connectivity index (χ1v) is 5.29. The Balaban J connectivity index is 4.49. The van der Waals surface area contributed by atoms with E-state index in [1.807, 2.05) is 6.08 Å². The zero-order chi connectivity index (χ0) is 10.8. The minimum Gasteiger partial charge on any atom is -0.102 e. The smallest absolute Gasteiger partial charge is 0.000956 e. The summed E-state index contributed by atoms with van der Waals surface area (Å²) in [5.74, 6) is 0.998. The van der Waals surface area contributed by atoms with Crippen LogP contribution < -0.4 is 0 Å². The summed E-state index contributed by atoms with van der Waals surface area (Å²) >= 11 is 0. The Kier molecular flexibility index (Phi) is 7.92. The molecule has 0 bridgehead atoms. The standard InChI is InChI=1S/C14H22/c1-5-9-12-14(11-7-3)13(8-4)10-6-2/h5-11,13-14H,4,12H2,1-3H3. The van der Waals surface area contributed by atoms with Crippen molar-refractivity contribution in [2.45, 2.75) is 27.2 Å². The Hall–Kier alpha value is -1.04. The summed E-state index contributed by atoms with van der Waals surface area (Å²) in [5.41, 5.74) is 0. The normalized spacial score (nSPS) is 16.8. The van der Waals surface area contributed by atoms with Crippen LogP contribution in [0.1, 0.15) is 27.2 Å². The molecule has 0 heterocycles. The molecular formula is C14H22. The number of hydrogen-bond donors (Lipinski definition) is 0. The Morgan fingerprint density at radius 3 is 2.07 bits per heavy atom. The molecule has 0 aliphatic carbocycles. The molecule has 0 nitrogen and oxygen atoms in total. The molecule has 0 aromatic heterocycles. The van der Waals surface area contributed by atoms with Crippen molar-refractivity contribution < 1.29 is 0 Å². The van der Waals surface area contributed by atoms with E-state index in [-0.39, 0.29) is 0 Å². The molecule has 2 atom stereocenters. The van der Waals surface area contributed by atoms with E-state index >= 15 is 0 Å². The van der Waals surface area contributed by atoms with Crippen molar-refractivity contribution in [2.75, 3.05) is 0 Å². The minimum absolute atomic E-state index is 0.451. The second-order valence-corrected chi connectivity index (χ2v) is 3.33. The molecule has 0 aliphatic heterocycles. The van der Waals surface area contributed by atoms with Crippen LogP contribution in [0.2, 0.25) is 0 Å². The van der Waals surface area contributed by atoms with E-state index in [0.29, 0.717) is 11.8 Å². The highest BCUT2D eigenvalue weighted by Gasteiger charge is 2.10. The molecule has 14 heavy (non-hydrogen) atoms. The van der Waals surface area contributed by atoms with Gasteiger partial charge in [-0.25, -0.2) is 0 Å². The molecule has 0 aromatic carbocycles. The van der Waals surface area contributed by atoms with Crippen molar-refractivity contribution in [3.8, 4) is 0 Å². The third kappa shape index (κ3) is 4.86. The van der Waals surface area contributed by atoms with Crippen LogP contribution in [0.5, 0.6) is 0 Å². The summed E-state index contributed by atoms with van der Waals surface area (Å²) in [6.07, 6.45) is 16.1. The lowest BCUT2D eigenvalue weighted by atomic mass is 9.88. The lowest BCUT2D eigenvalue weighted by Crippen LogP contribution is -2.06. The fourth-order valence-corrected chi connectivity index (χ4v) is 1.52. The quantitative estimate of drug-likeness (QED) is 0.540. The van der Waals surface area contributed by atoms with Crippen LogP contribution in [0.25, 0.3) is 0 Å². The van der Waals surface area contributed by atoms with E-state index in [2.05, 4.69) is 63.8 Å². The van der Waals surface area contributed by atoms with Gasteiger partial charge in [-0.05, 0) is 33.1 Å². The van der Waals surface area contributed by atoms with Gasteiger partial charge in [0.1, 0.15) is 0 Å². The second-order valence-electron chi connectivity index (χ2n) is 3.33. The zero-order valence-electron chi connectivity index (χ0n) is 9.61. The molecule has 0 rings (SSSR count). The van der Waals surface area contributed by atoms with Crippen LogP contribution in [-0.4, -0.2) is 0 Å². The maximum atomic E-state index is 3.88. The Morgan fingerprint density at radius 1 is 1.00 bits per heavy atom. The lowest BCUT2D eigenvalue weighted by Gasteiger charge is -2.16. The van der Waals surface area contributed by atoms with E-state index in [0.717, 1.165) is 6.42 Å². The minimum atomic E-state index is 0.451. The van der Waals surface area contributed by atoms with Crippen molar-refractivity contribution in [3.63, 3.8) is 0 Å². The highest BCUT2D eigenvalue weighted by molar-refractivity contribution is 5.06. The van der Waals surface area contributed by atoms with Gasteiger partial charge in [0.15, 0.2) is 0 Å². The summed E-state index contributed by atoms with van der Waals surface area (Å²) < 4.78 is 0. The summed E-state index contributed by atoms with van der Waals surface area (Å²) in [6, 6.07) is 0. The Morgan fingerprint density at radius 2 is 1.64 bits per heavy atom. The summed E-state index contributed by atoms with van der Waals surface area (Å²) in [6.45, 7) is 10.1. The van der Waals surface area contributed by atoms with Crippen molar-refractivity contribution in [1.82, 2.24) is 0 Å². The Bertz CT molecular complexity index is 218. The molecule has 0 aliphatic rings. The monoisotopic (exact) mass is 190 g/mol. The molecule has 78 valence electrons. The van der Waals surface area contributed by atoms with E-state index in [9.17, 15) is 0 Å². The van der Waals surface area contributed by atoms with Gasteiger partial charge < -0.3 is 0 Å². The molecule has 0 aromatic rings. The van der Waals surface area contributed by atoms with Crippen LogP contribution in [0.15, 0.2) is 49.1 Å². The highest BCUT2D eigenvalue weighted by atomic mass is 14.1. The molecule has 0 radical (unpaired) electrons. The first-order chi connectivity index (χ1) is 6.79. The number of rotatable bonds is 6. The average Bonchev–Trinajstić information content (AvgIpc) is 2.21. The van der Waals surface area contributed by atoms with Gasteiger partial charge in [0.05, 0.1) is 0 Å². The van der Waals surface area contributed by atoms with Crippen molar-refractivity contribution >= 4 is 0 Å². The SMILES string of the molecule is C=CC(C=CC)C(C=CC)CC=CC. The molecule has 0 saturated heterocycles. The third-order valence-corrected chi connectivity index (χ3v) is 2.26. The predicted octanol–water partition coefficient (Wildman–Crippen LogP) is 4.52. The van der Waals surface area contributed by atoms with Crippen LogP contribution in [-0.2, 0) is 0 Å². The van der Waals surface area contributed by atoms with E-state index < -0.39 is 0 Å². The van der Waals surface area contributed by atoms with E-state index in [4.69, 9.17) is 0 Å². The summed E-state index contributed by atoms with van der Waals surface area (Å²) in [5, 5.41) is 0. The third-order valence-electron chi connectivity index (χ3n) is 2.26. The van der Waals surface area contributed by atoms with Crippen molar-refractivity contribution in [1.29, 1.82) is 0 Å². The topological polar surface area (TPSA) is 0 Å². The Labute approximate surface area is 88.7 Å². The van der Waals surface area contributed by atoms with Gasteiger partial charge in [-0.15, -0.1) is 6.58 Å². The first-order valence-electron chi connectivity index (χ1n) is 5.29. The predicted molar refractivity (Wildman–Crippen MR) is 66.2 cm³/mol. The summed E-state index contributed by atoms with van der Waals surface area (Å²) in [4.78, 5) is 0. The molecule has 0 fully saturated rings. The molecule has 0 heteroatoms. The fourth-order valence-electron chi connectivity index (χ4n) is 1.52. The van der Waals surface area contributed by atoms with Crippen LogP contribution in [0.4, 0.5) is 0 Å². The first kappa shape index (κ1) is 13.0. The molecule has 2 unspecified atom stereocenters. The maximum Gasteiger partial charge on any atom is 0.000956 e. The van der Waals surface area contributed by atoms with Gasteiger partial charge in [0, 0.05) is 5.92 Å². The molecule has 0 saturated carbocycles. The fraction of sp³-hybridized carbons (Fsp3) is 0.429. The summed E-state index contributed by atoms with van der Waals surface area (Å²) in [7, 11) is 0. The average molecular weight is 190 g/mol. The van der Waals surface area contributed by atoms with Crippen molar-refractivity contribution in [3.05, 3.63) is 49.1 Å². The van der Waals surface area contributed by atoms with Crippen LogP contribution >= 0.6 is 0 Å². The van der Waals surface area contributed by atoms with Crippen molar-refractivity contribution in [2.24, 2.45) is 11.8 Å². The lowest BCUT2D eigenvalue weighted by molar-refractivity contribution is 0.563. The van der Waals surface area contributed by atoms with Gasteiger partial charge in [-0.2, -0.15) is 0 Å². The van der Waals surface area contributed by atoms with E-state index in [1.165, 1.54) is 0 Å². The maximum absolute atomic E-state index is 3.88. The van der Waals surface area contributed by atoms with Crippen LogP contribution in [0, 0.1) is 11.8 Å². The molecule has 0 amide bonds. The van der Waals surface area contributed by atoms with Gasteiger partial charge in [0.25, 0.3) is 0 Å². The molecule has 0 N–H and O–H groups in total. The van der Waals surface area contributed by atoms with Gasteiger partial charge in [-0.3, -0.25) is 0 Å². The molecule has 0 spiro atoms. The van der Waals surface area contributed by atoms with Gasteiger partial charge >= 0.3 is 0 Å². The second kappa shape index (κ2) is 8.55. The largest absolute Gasteiger partial charge is 0.102 e. The number of hydrogen-bond acceptors (Lipinski definition) is 0. The van der Waals surface area contributed by atoms with Gasteiger partial charge in [0.2, 0.25) is 0 Å².